The van der Waals surface area contributed by atoms with Crippen molar-refractivity contribution in [2.45, 2.75) is 112 Å². The summed E-state index contributed by atoms with van der Waals surface area (Å²) in [6, 6.07) is 54.1. The Morgan fingerprint density at radius 3 is 1.65 bits per heavy atom. The van der Waals surface area contributed by atoms with Gasteiger partial charge in [0, 0.05) is 34.0 Å². The van der Waals surface area contributed by atoms with E-state index in [9.17, 15) is 0 Å². The van der Waals surface area contributed by atoms with E-state index in [4.69, 9.17) is 0 Å². The van der Waals surface area contributed by atoms with Gasteiger partial charge in [0.15, 0.2) is 0 Å². The van der Waals surface area contributed by atoms with Gasteiger partial charge >= 0.3 is 0 Å². The third kappa shape index (κ3) is 7.04. The van der Waals surface area contributed by atoms with Crippen molar-refractivity contribution in [2.24, 2.45) is 5.41 Å². The Bertz CT molecular complexity index is 2940. The van der Waals surface area contributed by atoms with Crippen molar-refractivity contribution in [1.29, 1.82) is 0 Å². The van der Waals surface area contributed by atoms with Gasteiger partial charge in [0.2, 0.25) is 0 Å². The molecule has 3 heteroatoms. The van der Waals surface area contributed by atoms with Gasteiger partial charge in [0.05, 0.1) is 5.69 Å². The van der Waals surface area contributed by atoms with E-state index >= 15 is 0 Å². The van der Waals surface area contributed by atoms with E-state index in [0.717, 1.165) is 12.8 Å². The van der Waals surface area contributed by atoms with E-state index in [2.05, 4.69) is 232 Å². The summed E-state index contributed by atoms with van der Waals surface area (Å²) in [5, 5.41) is 0. The molecular weight excluding hydrogens is 759 g/mol. The lowest BCUT2D eigenvalue weighted by Gasteiger charge is -2.45. The van der Waals surface area contributed by atoms with Crippen molar-refractivity contribution in [1.82, 2.24) is 0 Å². The zero-order valence-electron chi connectivity index (χ0n) is 39.7. The van der Waals surface area contributed by atoms with E-state index in [1.54, 1.807) is 0 Å². The van der Waals surface area contributed by atoms with Crippen molar-refractivity contribution in [3.8, 4) is 22.3 Å². The second-order valence-electron chi connectivity index (χ2n) is 22.7. The summed E-state index contributed by atoms with van der Waals surface area (Å²) >= 11 is 0. The number of anilines is 6. The maximum Gasteiger partial charge on any atom is 0.252 e. The Morgan fingerprint density at radius 2 is 1.03 bits per heavy atom. The maximum absolute atomic E-state index is 2.68. The van der Waals surface area contributed by atoms with Crippen LogP contribution in [0, 0.1) is 12.3 Å². The summed E-state index contributed by atoms with van der Waals surface area (Å²) in [5.41, 5.74) is 25.1. The Balaban J connectivity index is 1.35. The number of fused-ring (bicyclic) bond motifs is 5. The first-order valence-corrected chi connectivity index (χ1v) is 23.2. The van der Waals surface area contributed by atoms with Crippen molar-refractivity contribution in [3.05, 3.63) is 173 Å². The highest BCUT2D eigenvalue weighted by atomic mass is 15.2. The summed E-state index contributed by atoms with van der Waals surface area (Å²) < 4.78 is 0. The first-order valence-electron chi connectivity index (χ1n) is 23.2. The van der Waals surface area contributed by atoms with Gasteiger partial charge in [0.25, 0.3) is 6.71 Å². The van der Waals surface area contributed by atoms with E-state index in [1.807, 2.05) is 0 Å². The van der Waals surface area contributed by atoms with Gasteiger partial charge in [-0.3, -0.25) is 0 Å². The Morgan fingerprint density at radius 1 is 0.460 bits per heavy atom. The third-order valence-electron chi connectivity index (χ3n) is 14.1. The van der Waals surface area contributed by atoms with Crippen molar-refractivity contribution in [2.75, 3.05) is 9.80 Å². The highest BCUT2D eigenvalue weighted by Gasteiger charge is 2.46. The minimum Gasteiger partial charge on any atom is -0.311 e. The van der Waals surface area contributed by atoms with Crippen LogP contribution in [0.4, 0.5) is 34.1 Å². The molecule has 1 aliphatic carbocycles. The normalized spacial score (nSPS) is 15.2. The van der Waals surface area contributed by atoms with Crippen LogP contribution in [0.15, 0.2) is 140 Å². The van der Waals surface area contributed by atoms with E-state index in [-0.39, 0.29) is 28.4 Å². The zero-order chi connectivity index (χ0) is 44.4. The third-order valence-corrected chi connectivity index (χ3v) is 14.1. The van der Waals surface area contributed by atoms with Gasteiger partial charge in [-0.1, -0.05) is 167 Å². The van der Waals surface area contributed by atoms with Gasteiger partial charge in [-0.25, -0.2) is 0 Å². The van der Waals surface area contributed by atoms with E-state index < -0.39 is 0 Å². The molecule has 0 fully saturated rings. The predicted octanol–water partition coefficient (Wildman–Crippen LogP) is 14.4. The summed E-state index contributed by atoms with van der Waals surface area (Å²) in [5.74, 6) is 0. The van der Waals surface area contributed by atoms with Crippen LogP contribution in [0.25, 0.3) is 22.3 Å². The van der Waals surface area contributed by atoms with Gasteiger partial charge in [0.1, 0.15) is 0 Å². The molecule has 2 aliphatic heterocycles. The standard InChI is InChI=1S/C60H63BN2/c1-38-28-54-56-55(29-38)63(51-35-46(39-20-15-13-16-21-39)48(59(8,9)10)34-47(51)40-22-17-14-18-23-40)52-31-42-37-60(11,12)36-41(42)30-50(52)61(56)49-27-26-44(58(5,6)7)33-53(49)62(54)45-25-19-24-43(32-45)57(2,3)4/h13-35H,36-37H2,1-12H3. The summed E-state index contributed by atoms with van der Waals surface area (Å²) in [6.45, 7) is 28.3. The van der Waals surface area contributed by atoms with Crippen LogP contribution in [-0.4, -0.2) is 6.71 Å². The molecule has 0 N–H and O–H groups in total. The van der Waals surface area contributed by atoms with Gasteiger partial charge in [-0.15, -0.1) is 0 Å². The summed E-state index contributed by atoms with van der Waals surface area (Å²) in [4.78, 5) is 5.29. The molecule has 0 aromatic heterocycles. The average molecular weight is 823 g/mol. The number of hydrogen-bond donors (Lipinski definition) is 0. The first-order chi connectivity index (χ1) is 29.8. The Kier molecular flexibility index (Phi) is 9.40. The molecule has 3 aliphatic rings. The number of hydrogen-bond acceptors (Lipinski definition) is 2. The molecule has 0 spiro atoms. The highest BCUT2D eigenvalue weighted by molar-refractivity contribution is 7.00. The minimum atomic E-state index is -0.0925. The average Bonchev–Trinajstić information content (AvgIpc) is 3.54. The molecule has 0 unspecified atom stereocenters. The van der Waals surface area contributed by atoms with E-state index in [1.165, 1.54) is 106 Å². The maximum atomic E-state index is 2.68. The SMILES string of the molecule is Cc1cc2c3c(c1)N(c1cc(-c4ccccc4)c(C(C)(C)C)cc1-c1ccccc1)c1cc4c(cc1B3c1ccc(C(C)(C)C)cc1N2c1cccc(C(C)(C)C)c1)CC(C)(C)C4. The molecular formula is C60H63BN2. The van der Waals surface area contributed by atoms with Crippen LogP contribution in [-0.2, 0) is 29.1 Å². The van der Waals surface area contributed by atoms with Gasteiger partial charge in [-0.2, -0.15) is 0 Å². The molecule has 0 radical (unpaired) electrons. The lowest BCUT2D eigenvalue weighted by atomic mass is 9.33. The fourth-order valence-corrected chi connectivity index (χ4v) is 10.9. The topological polar surface area (TPSA) is 6.48 Å². The van der Waals surface area contributed by atoms with Crippen LogP contribution in [0.5, 0.6) is 0 Å². The molecule has 63 heavy (non-hydrogen) atoms. The van der Waals surface area contributed by atoms with Crippen LogP contribution < -0.4 is 26.2 Å². The predicted molar refractivity (Wildman–Crippen MR) is 273 cm³/mol. The molecule has 0 amide bonds. The second-order valence-corrected chi connectivity index (χ2v) is 22.7. The highest BCUT2D eigenvalue weighted by Crippen LogP contribution is 2.51. The number of benzene rings is 7. The van der Waals surface area contributed by atoms with Crippen LogP contribution in [0.1, 0.15) is 110 Å². The van der Waals surface area contributed by atoms with Crippen LogP contribution in [0.3, 0.4) is 0 Å². The molecule has 10 rings (SSSR count). The lowest BCUT2D eigenvalue weighted by molar-refractivity contribution is 0.392. The molecule has 0 atom stereocenters. The number of nitrogens with zero attached hydrogens (tertiary/aromatic N) is 2. The molecule has 0 bridgehead atoms. The van der Waals surface area contributed by atoms with Crippen molar-refractivity contribution in [3.63, 3.8) is 0 Å². The van der Waals surface area contributed by atoms with Crippen molar-refractivity contribution >= 4 is 57.2 Å². The molecule has 2 nitrogen and oxygen atoms in total. The number of rotatable bonds is 4. The smallest absolute Gasteiger partial charge is 0.252 e. The largest absolute Gasteiger partial charge is 0.311 e. The zero-order valence-corrected chi connectivity index (χ0v) is 39.7. The number of aryl methyl sites for hydroxylation is 1. The molecule has 2 heterocycles. The fraction of sp³-hybridized carbons (Fsp3) is 0.300. The van der Waals surface area contributed by atoms with Crippen molar-refractivity contribution < 1.29 is 0 Å². The summed E-state index contributed by atoms with van der Waals surface area (Å²) in [6.07, 6.45) is 2.17. The Hall–Kier alpha value is -5.80. The molecule has 0 saturated heterocycles. The second kappa shape index (κ2) is 14.4. The summed E-state index contributed by atoms with van der Waals surface area (Å²) in [7, 11) is 0. The quantitative estimate of drug-likeness (QED) is 0.163. The molecule has 7 aromatic carbocycles. The Labute approximate surface area is 378 Å². The molecule has 0 saturated carbocycles. The van der Waals surface area contributed by atoms with Crippen LogP contribution >= 0.6 is 0 Å². The monoisotopic (exact) mass is 823 g/mol. The molecule has 7 aromatic rings. The fourth-order valence-electron chi connectivity index (χ4n) is 10.9. The van der Waals surface area contributed by atoms with Gasteiger partial charge in [-0.05, 0) is 156 Å². The van der Waals surface area contributed by atoms with E-state index in [0.29, 0.717) is 0 Å². The van der Waals surface area contributed by atoms with Gasteiger partial charge < -0.3 is 9.80 Å². The first kappa shape index (κ1) is 41.2. The minimum absolute atomic E-state index is 0.00383. The lowest BCUT2D eigenvalue weighted by Crippen LogP contribution is -2.61. The molecule has 316 valence electrons. The van der Waals surface area contributed by atoms with Crippen LogP contribution in [0.2, 0.25) is 0 Å².